The van der Waals surface area contributed by atoms with E-state index >= 15 is 0 Å². The molecular weight excluding hydrogens is 769 g/mol. The van der Waals surface area contributed by atoms with E-state index in [4.69, 9.17) is 0 Å². The number of carbonyl (C=O) groups is 6. The molecule has 0 spiro atoms. The zero-order valence-electron chi connectivity index (χ0n) is 29.2. The molecule has 0 N–H and O–H groups in total. The number of aryl methyl sites for hydroxylation is 4. The number of hydrogen-bond acceptors (Lipinski definition) is 12. The predicted molar refractivity (Wildman–Crippen MR) is 219 cm³/mol. The Morgan fingerprint density at radius 2 is 0.750 bits per heavy atom. The van der Waals surface area contributed by atoms with Crippen molar-refractivity contribution in [3.63, 3.8) is 0 Å². The zero-order chi connectivity index (χ0) is 37.6. The maximum Gasteiger partial charge on any atom is 0.173 e. The van der Waals surface area contributed by atoms with Crippen LogP contribution in [0.25, 0.3) is 0 Å². The lowest BCUT2D eigenvalue weighted by atomic mass is 10.1. The van der Waals surface area contributed by atoms with Crippen molar-refractivity contribution in [2.45, 2.75) is 66.2 Å². The second-order valence-electron chi connectivity index (χ2n) is 11.9. The molecule has 6 aromatic rings. The first kappa shape index (κ1) is 41.0. The minimum Gasteiger partial charge on any atom is -0.293 e. The number of Topliss-reactive ketones (excluding diaryl/α,β-unsaturated/α-hetero) is 6. The molecule has 0 fully saturated rings. The van der Waals surface area contributed by atoms with Crippen molar-refractivity contribution in [3.8, 4) is 0 Å². The Hall–Kier alpha value is -3.78. The van der Waals surface area contributed by atoms with Crippen LogP contribution in [0.3, 0.4) is 0 Å². The molecule has 0 aliphatic rings. The van der Waals surface area contributed by atoms with Crippen molar-refractivity contribution in [2.75, 3.05) is 0 Å². The van der Waals surface area contributed by atoms with Gasteiger partial charge in [0, 0.05) is 38.5 Å². The largest absolute Gasteiger partial charge is 0.293 e. The summed E-state index contributed by atoms with van der Waals surface area (Å²) < 4.78 is 0. The molecule has 12 heteroatoms. The van der Waals surface area contributed by atoms with E-state index < -0.39 is 0 Å². The molecule has 0 bridgehead atoms. The fourth-order valence-corrected chi connectivity index (χ4v) is 9.57. The lowest BCUT2D eigenvalue weighted by Gasteiger charge is -1.98. The molecule has 0 unspecified atom stereocenters. The molecule has 0 amide bonds. The standard InChI is InChI=1S/C14H14O2S2.2C13H12O2S2/c1-9-5-13(17-7-9)11(15)3-4-12(16)14-6-10(2)8-18-14;1-9-6-8-17-13(9)11(15)5-4-10(14)12-3-2-7-16-12;1-9-7-13(17-8-9)11(15)5-4-10(14)12-3-2-6-16-12/h5-8H,3-4H2,1-2H3;2*2-3,6-8H,4-5H2,1H3. The Labute approximate surface area is 327 Å². The van der Waals surface area contributed by atoms with Gasteiger partial charge in [0.1, 0.15) is 0 Å². The predicted octanol–water partition coefficient (Wildman–Crippen LogP) is 12.2. The normalized spacial score (nSPS) is 10.5. The Morgan fingerprint density at radius 1 is 0.404 bits per heavy atom. The van der Waals surface area contributed by atoms with Crippen molar-refractivity contribution >= 4 is 103 Å². The molecule has 270 valence electrons. The quantitative estimate of drug-likeness (QED) is 0.0958. The van der Waals surface area contributed by atoms with E-state index in [1.54, 1.807) is 12.1 Å². The van der Waals surface area contributed by atoms with E-state index in [9.17, 15) is 28.8 Å². The molecule has 6 nitrogen and oxygen atoms in total. The number of thiophene rings is 6. The van der Waals surface area contributed by atoms with Gasteiger partial charge in [-0.1, -0.05) is 12.1 Å². The van der Waals surface area contributed by atoms with Crippen LogP contribution in [-0.4, -0.2) is 34.7 Å². The van der Waals surface area contributed by atoms with Gasteiger partial charge in [-0.3, -0.25) is 28.8 Å². The Balaban J connectivity index is 0.000000175. The van der Waals surface area contributed by atoms with Gasteiger partial charge in [0.2, 0.25) is 0 Å². The summed E-state index contributed by atoms with van der Waals surface area (Å²) in [7, 11) is 0. The Morgan fingerprint density at radius 3 is 1.02 bits per heavy atom. The highest BCUT2D eigenvalue weighted by atomic mass is 32.1. The first-order valence-electron chi connectivity index (χ1n) is 16.4. The fraction of sp³-hybridized carbons (Fsp3) is 0.250. The molecule has 0 aliphatic carbocycles. The third kappa shape index (κ3) is 12.7. The molecule has 0 atom stereocenters. The lowest BCUT2D eigenvalue weighted by Crippen LogP contribution is -2.03. The number of ketones is 6. The second kappa shape index (κ2) is 20.5. The van der Waals surface area contributed by atoms with E-state index in [-0.39, 0.29) is 34.7 Å². The first-order chi connectivity index (χ1) is 24.9. The van der Waals surface area contributed by atoms with Crippen LogP contribution in [0.4, 0.5) is 0 Å². The molecule has 52 heavy (non-hydrogen) atoms. The van der Waals surface area contributed by atoms with Crippen LogP contribution in [0, 0.1) is 27.7 Å². The van der Waals surface area contributed by atoms with Gasteiger partial charge in [0.05, 0.1) is 29.3 Å². The van der Waals surface area contributed by atoms with Crippen LogP contribution in [0.2, 0.25) is 0 Å². The third-order valence-corrected chi connectivity index (χ3v) is 13.6. The third-order valence-electron chi connectivity index (χ3n) is 7.46. The molecule has 6 heterocycles. The van der Waals surface area contributed by atoms with Crippen LogP contribution in [0.1, 0.15) is 119 Å². The molecular formula is C40H38O6S6. The summed E-state index contributed by atoms with van der Waals surface area (Å²) in [6.07, 6.45) is 1.81. The average Bonchev–Trinajstić information content (AvgIpc) is 3.97. The molecule has 0 aliphatic heterocycles. The number of rotatable bonds is 15. The van der Waals surface area contributed by atoms with Crippen LogP contribution < -0.4 is 0 Å². The SMILES string of the molecule is Cc1ccsc1C(=O)CCC(=O)c1cccs1.Cc1csc(C(=O)CCC(=O)c2cc(C)cs2)c1.Cc1csc(C(=O)CCC(=O)c2cccs2)c1. The average molecular weight is 807 g/mol. The fourth-order valence-electron chi connectivity index (χ4n) is 4.68. The summed E-state index contributed by atoms with van der Waals surface area (Å²) in [6.45, 7) is 7.81. The summed E-state index contributed by atoms with van der Waals surface area (Å²) >= 11 is 8.65. The minimum absolute atomic E-state index is 0.0571. The lowest BCUT2D eigenvalue weighted by molar-refractivity contribution is 0.0921. The Kier molecular flexibility index (Phi) is 16.1. The van der Waals surface area contributed by atoms with E-state index in [1.807, 2.05) is 96.4 Å². The van der Waals surface area contributed by atoms with Gasteiger partial charge in [-0.25, -0.2) is 0 Å². The van der Waals surface area contributed by atoms with Crippen molar-refractivity contribution in [2.24, 2.45) is 0 Å². The monoisotopic (exact) mass is 806 g/mol. The van der Waals surface area contributed by atoms with Crippen molar-refractivity contribution in [3.05, 3.63) is 132 Å². The topological polar surface area (TPSA) is 102 Å². The molecule has 0 saturated heterocycles. The second-order valence-corrected chi connectivity index (χ2v) is 17.4. The van der Waals surface area contributed by atoms with Gasteiger partial charge < -0.3 is 0 Å². The van der Waals surface area contributed by atoms with Crippen LogP contribution in [0.15, 0.2) is 80.8 Å². The van der Waals surface area contributed by atoms with E-state index in [1.165, 1.54) is 68.0 Å². The highest BCUT2D eigenvalue weighted by Crippen LogP contribution is 2.22. The molecule has 6 rings (SSSR count). The minimum atomic E-state index is 0.0571. The summed E-state index contributed by atoms with van der Waals surface area (Å²) in [5, 5.41) is 11.5. The first-order valence-corrected chi connectivity index (χ1v) is 21.6. The highest BCUT2D eigenvalue weighted by Gasteiger charge is 2.16. The van der Waals surface area contributed by atoms with Gasteiger partial charge in [-0.2, -0.15) is 0 Å². The van der Waals surface area contributed by atoms with Gasteiger partial charge >= 0.3 is 0 Å². The van der Waals surface area contributed by atoms with Gasteiger partial charge in [0.15, 0.2) is 34.7 Å². The van der Waals surface area contributed by atoms with Gasteiger partial charge in [-0.05, 0) is 119 Å². The molecule has 0 aromatic carbocycles. The summed E-state index contributed by atoms with van der Waals surface area (Å²) in [5.41, 5.74) is 4.30. The van der Waals surface area contributed by atoms with Crippen molar-refractivity contribution in [1.29, 1.82) is 0 Å². The summed E-state index contributed by atoms with van der Waals surface area (Å²) in [6, 6.07) is 14.9. The molecule has 0 saturated carbocycles. The van der Waals surface area contributed by atoms with E-state index in [2.05, 4.69) is 0 Å². The maximum absolute atomic E-state index is 11.9. The van der Waals surface area contributed by atoms with E-state index in [0.717, 1.165) is 51.5 Å². The van der Waals surface area contributed by atoms with Gasteiger partial charge in [-0.15, -0.1) is 68.0 Å². The smallest absolute Gasteiger partial charge is 0.173 e. The summed E-state index contributed by atoms with van der Waals surface area (Å²) in [5.74, 6) is 0.379. The zero-order valence-corrected chi connectivity index (χ0v) is 34.1. The van der Waals surface area contributed by atoms with Crippen LogP contribution >= 0.6 is 68.0 Å². The van der Waals surface area contributed by atoms with Crippen molar-refractivity contribution < 1.29 is 28.8 Å². The van der Waals surface area contributed by atoms with Crippen LogP contribution in [0.5, 0.6) is 0 Å². The Bertz CT molecular complexity index is 2050. The highest BCUT2D eigenvalue weighted by molar-refractivity contribution is 7.13. The van der Waals surface area contributed by atoms with Crippen LogP contribution in [-0.2, 0) is 0 Å². The van der Waals surface area contributed by atoms with E-state index in [0.29, 0.717) is 38.5 Å². The number of hydrogen-bond donors (Lipinski definition) is 0. The summed E-state index contributed by atoms with van der Waals surface area (Å²) in [4.78, 5) is 75.3. The van der Waals surface area contributed by atoms with Crippen molar-refractivity contribution in [1.82, 2.24) is 0 Å². The molecule has 6 aromatic heterocycles. The maximum atomic E-state index is 11.9. The molecule has 0 radical (unpaired) electrons. The number of carbonyl (C=O) groups excluding carboxylic acids is 6. The van der Waals surface area contributed by atoms with Gasteiger partial charge in [0.25, 0.3) is 0 Å².